The van der Waals surface area contributed by atoms with Gasteiger partial charge in [0.05, 0.1) is 0 Å². The van der Waals surface area contributed by atoms with E-state index in [9.17, 15) is 14.4 Å². The molecule has 0 spiro atoms. The molecule has 2 saturated heterocycles. The molecule has 31 heavy (non-hydrogen) atoms. The Morgan fingerprint density at radius 1 is 1.10 bits per heavy atom. The van der Waals surface area contributed by atoms with Gasteiger partial charge in [0.15, 0.2) is 0 Å². The molecular formula is C24H30N4O3. The lowest BCUT2D eigenvalue weighted by Crippen LogP contribution is -2.58. The number of amides is 1. The van der Waals surface area contributed by atoms with Crippen LogP contribution in [0.2, 0.25) is 0 Å². The van der Waals surface area contributed by atoms with E-state index in [0.717, 1.165) is 38.5 Å². The highest BCUT2D eigenvalue weighted by atomic mass is 16.2. The number of hydrogen-bond donors (Lipinski definition) is 2. The normalized spacial score (nSPS) is 32.6. The number of aromatic nitrogens is 2. The number of hydrogen-bond acceptors (Lipinski definition) is 4. The third-order valence-corrected chi connectivity index (χ3v) is 8.04. The third kappa shape index (κ3) is 3.26. The van der Waals surface area contributed by atoms with Crippen LogP contribution in [0.1, 0.15) is 55.1 Å². The van der Waals surface area contributed by atoms with Gasteiger partial charge in [-0.05, 0) is 38.3 Å². The fraction of sp³-hybridized carbons (Fsp3) is 0.542. The Bertz CT molecular complexity index is 1070. The second-order valence-electron chi connectivity index (χ2n) is 9.73. The van der Waals surface area contributed by atoms with Crippen LogP contribution in [0.25, 0.3) is 0 Å². The first-order valence-corrected chi connectivity index (χ1v) is 11.3. The van der Waals surface area contributed by atoms with Crippen molar-refractivity contribution in [3.8, 4) is 0 Å². The predicted octanol–water partition coefficient (Wildman–Crippen LogP) is 2.15. The Kier molecular flexibility index (Phi) is 4.88. The topological polar surface area (TPSA) is 89.3 Å². The molecule has 5 atom stereocenters. The lowest BCUT2D eigenvalue weighted by Gasteiger charge is -2.49. The SMILES string of the molecule is CN1[C@H](Cc2ccccc2)[C@@H]2C[C@@]3(C)[C@H](CCCC[C@@H]13)N2C(=O)c1cc(=O)[nH]c(=O)[nH]1. The summed E-state index contributed by atoms with van der Waals surface area (Å²) in [4.78, 5) is 46.8. The molecule has 2 bridgehead atoms. The van der Waals surface area contributed by atoms with E-state index in [1.54, 1.807) is 0 Å². The van der Waals surface area contributed by atoms with Crippen molar-refractivity contribution in [2.45, 2.75) is 69.6 Å². The van der Waals surface area contributed by atoms with Crippen LogP contribution in [-0.4, -0.2) is 56.9 Å². The van der Waals surface area contributed by atoms with Gasteiger partial charge in [0.1, 0.15) is 5.69 Å². The van der Waals surface area contributed by atoms with E-state index in [4.69, 9.17) is 0 Å². The molecule has 2 aromatic rings. The average molecular weight is 423 g/mol. The number of nitrogens with zero attached hydrogens (tertiary/aromatic N) is 2. The van der Waals surface area contributed by atoms with E-state index in [2.05, 4.69) is 53.1 Å². The van der Waals surface area contributed by atoms with E-state index in [0.29, 0.717) is 6.04 Å². The Balaban J connectivity index is 1.58. The number of likely N-dealkylation sites (tertiary alicyclic amines) is 2. The molecule has 5 rings (SSSR count). The van der Waals surface area contributed by atoms with Gasteiger partial charge in [-0.3, -0.25) is 19.5 Å². The molecule has 3 aliphatic rings. The van der Waals surface area contributed by atoms with Crippen LogP contribution in [0.3, 0.4) is 0 Å². The van der Waals surface area contributed by atoms with Crippen molar-refractivity contribution >= 4 is 5.91 Å². The predicted molar refractivity (Wildman–Crippen MR) is 118 cm³/mol. The summed E-state index contributed by atoms with van der Waals surface area (Å²) in [5, 5.41) is 0. The molecule has 1 aromatic heterocycles. The summed E-state index contributed by atoms with van der Waals surface area (Å²) in [6, 6.07) is 12.4. The van der Waals surface area contributed by atoms with Gasteiger partial charge >= 0.3 is 5.69 Å². The number of rotatable bonds is 3. The van der Waals surface area contributed by atoms with Gasteiger partial charge in [-0.15, -0.1) is 0 Å². The molecule has 2 aliphatic heterocycles. The number of nitrogens with one attached hydrogen (secondary N) is 2. The Morgan fingerprint density at radius 2 is 1.81 bits per heavy atom. The first kappa shape index (κ1) is 20.2. The van der Waals surface area contributed by atoms with Crippen molar-refractivity contribution < 1.29 is 4.79 Å². The number of H-pyrrole nitrogens is 2. The quantitative estimate of drug-likeness (QED) is 0.793. The van der Waals surface area contributed by atoms with E-state index in [1.165, 1.54) is 11.6 Å². The molecule has 1 aromatic carbocycles. The number of aromatic amines is 2. The fourth-order valence-electron chi connectivity index (χ4n) is 6.71. The van der Waals surface area contributed by atoms with E-state index in [-0.39, 0.29) is 35.1 Å². The highest BCUT2D eigenvalue weighted by molar-refractivity contribution is 5.93. The van der Waals surface area contributed by atoms with Crippen molar-refractivity contribution in [3.63, 3.8) is 0 Å². The zero-order valence-corrected chi connectivity index (χ0v) is 18.1. The van der Waals surface area contributed by atoms with Crippen molar-refractivity contribution in [3.05, 3.63) is 68.5 Å². The average Bonchev–Trinajstić information content (AvgIpc) is 2.88. The van der Waals surface area contributed by atoms with Crippen LogP contribution in [0.15, 0.2) is 46.0 Å². The molecule has 0 radical (unpaired) electrons. The molecule has 1 amide bonds. The van der Waals surface area contributed by atoms with Gasteiger partial charge in [0.2, 0.25) is 0 Å². The second kappa shape index (κ2) is 7.48. The largest absolute Gasteiger partial charge is 0.329 e. The van der Waals surface area contributed by atoms with Crippen molar-refractivity contribution in [1.29, 1.82) is 0 Å². The summed E-state index contributed by atoms with van der Waals surface area (Å²) >= 11 is 0. The summed E-state index contributed by atoms with van der Waals surface area (Å²) in [5.41, 5.74) is 0.185. The molecule has 7 nitrogen and oxygen atoms in total. The third-order valence-electron chi connectivity index (χ3n) is 8.04. The highest BCUT2D eigenvalue weighted by Crippen LogP contribution is 2.55. The summed E-state index contributed by atoms with van der Waals surface area (Å²) in [6.45, 7) is 2.34. The molecular weight excluding hydrogens is 392 g/mol. The first-order valence-electron chi connectivity index (χ1n) is 11.3. The Labute approximate surface area is 181 Å². The van der Waals surface area contributed by atoms with Crippen LogP contribution in [0.5, 0.6) is 0 Å². The van der Waals surface area contributed by atoms with E-state index >= 15 is 0 Å². The number of piperidine rings is 1. The lowest BCUT2D eigenvalue weighted by molar-refractivity contribution is 0.0155. The van der Waals surface area contributed by atoms with Crippen molar-refractivity contribution in [1.82, 2.24) is 19.8 Å². The number of fused-ring (bicyclic) bond motifs is 1. The molecule has 1 saturated carbocycles. The molecule has 7 heteroatoms. The number of carbonyl (C=O) groups is 1. The van der Waals surface area contributed by atoms with Gasteiger partial charge in [-0.1, -0.05) is 50.1 Å². The van der Waals surface area contributed by atoms with Crippen LogP contribution >= 0.6 is 0 Å². The fourth-order valence-corrected chi connectivity index (χ4v) is 6.71. The maximum atomic E-state index is 13.7. The number of carbonyl (C=O) groups excluding carboxylic acids is 1. The van der Waals surface area contributed by atoms with Crippen LogP contribution < -0.4 is 11.2 Å². The summed E-state index contributed by atoms with van der Waals surface area (Å²) in [7, 11) is 2.22. The molecule has 0 unspecified atom stereocenters. The van der Waals surface area contributed by atoms with E-state index in [1.807, 2.05) is 11.0 Å². The summed E-state index contributed by atoms with van der Waals surface area (Å²) in [5.74, 6) is -0.226. The van der Waals surface area contributed by atoms with Crippen molar-refractivity contribution in [2.75, 3.05) is 7.05 Å². The minimum absolute atomic E-state index is 0.0141. The Hall–Kier alpha value is -2.67. The van der Waals surface area contributed by atoms with Crippen LogP contribution in [0.4, 0.5) is 0 Å². The molecule has 1 aliphatic carbocycles. The minimum Gasteiger partial charge on any atom is -0.329 e. The summed E-state index contributed by atoms with van der Waals surface area (Å²) in [6.07, 6.45) is 6.20. The molecule has 3 fully saturated rings. The minimum atomic E-state index is -0.638. The van der Waals surface area contributed by atoms with Gasteiger partial charge < -0.3 is 9.88 Å². The lowest BCUT2D eigenvalue weighted by atomic mass is 9.69. The standard InChI is InChI=1S/C24H30N4O3/c1-24-14-18-17(12-15-8-4-3-5-9-15)27(2)19(24)10-6-7-11-20(24)28(18)22(30)16-13-21(29)26-23(31)25-16/h3-5,8-9,13,17-20H,6-7,10-12,14H2,1-2H3,(H2,25,26,29,31)/t17-,18+,19-,20+,24-/m1/s1. The second-order valence-corrected chi connectivity index (χ2v) is 9.73. The first-order chi connectivity index (χ1) is 14.9. The monoisotopic (exact) mass is 422 g/mol. The van der Waals surface area contributed by atoms with Gasteiger partial charge in [-0.2, -0.15) is 0 Å². The highest BCUT2D eigenvalue weighted by Gasteiger charge is 2.62. The van der Waals surface area contributed by atoms with Gasteiger partial charge in [-0.25, -0.2) is 4.79 Å². The van der Waals surface area contributed by atoms with Gasteiger partial charge in [0.25, 0.3) is 11.5 Å². The van der Waals surface area contributed by atoms with Crippen molar-refractivity contribution in [2.24, 2.45) is 5.41 Å². The maximum Gasteiger partial charge on any atom is 0.326 e. The van der Waals surface area contributed by atoms with Crippen LogP contribution in [-0.2, 0) is 6.42 Å². The number of benzene rings is 1. The molecule has 3 heterocycles. The van der Waals surface area contributed by atoms with Crippen LogP contribution in [0, 0.1) is 5.41 Å². The van der Waals surface area contributed by atoms with Gasteiger partial charge in [0, 0.05) is 35.6 Å². The summed E-state index contributed by atoms with van der Waals surface area (Å²) < 4.78 is 0. The maximum absolute atomic E-state index is 13.7. The smallest absolute Gasteiger partial charge is 0.326 e. The van der Waals surface area contributed by atoms with E-state index < -0.39 is 11.2 Å². The zero-order valence-electron chi connectivity index (χ0n) is 18.1. The Morgan fingerprint density at radius 3 is 2.52 bits per heavy atom. The molecule has 164 valence electrons. The molecule has 2 N–H and O–H groups in total. The number of likely N-dealkylation sites (N-methyl/N-ethyl adjacent to an activating group) is 1. The zero-order chi connectivity index (χ0) is 21.8.